The van der Waals surface area contributed by atoms with Crippen molar-refractivity contribution in [2.45, 2.75) is 19.6 Å². The highest BCUT2D eigenvalue weighted by atomic mass is 19.1. The van der Waals surface area contributed by atoms with Crippen molar-refractivity contribution in [2.75, 3.05) is 20.3 Å². The van der Waals surface area contributed by atoms with Crippen molar-refractivity contribution in [1.82, 2.24) is 0 Å². The van der Waals surface area contributed by atoms with Crippen LogP contribution in [-0.4, -0.2) is 26.4 Å². The maximum absolute atomic E-state index is 13.3. The van der Waals surface area contributed by atoms with Crippen LogP contribution in [0.25, 0.3) is 0 Å². The fourth-order valence-electron chi connectivity index (χ4n) is 1.48. The Morgan fingerprint density at radius 3 is 2.83 bits per heavy atom. The predicted octanol–water partition coefficient (Wildman–Crippen LogP) is 1.69. The number of ether oxygens (including phenoxy) is 2. The van der Waals surface area contributed by atoms with Gasteiger partial charge >= 0.3 is 0 Å². The number of methoxy groups -OCH3 is 1. The smallest absolute Gasteiger partial charge is 0.124 e. The van der Waals surface area contributed by atoms with Crippen LogP contribution in [-0.2, 0) is 16.1 Å². The molecule has 0 bridgehead atoms. The lowest BCUT2D eigenvalue weighted by atomic mass is 10.1. The Kier molecular flexibility index (Phi) is 6.37. The summed E-state index contributed by atoms with van der Waals surface area (Å²) in [4.78, 5) is 0. The molecule has 1 rings (SSSR count). The number of hydrogen-bond acceptors (Lipinski definition) is 3. The lowest BCUT2D eigenvalue weighted by Crippen LogP contribution is -2.14. The van der Waals surface area contributed by atoms with Gasteiger partial charge in [-0.2, -0.15) is 0 Å². The first kappa shape index (κ1) is 14.7. The minimum absolute atomic E-state index is 0.0307. The molecule has 18 heavy (non-hydrogen) atoms. The van der Waals surface area contributed by atoms with E-state index in [2.05, 4.69) is 11.8 Å². The number of hydrogen-bond donors (Lipinski definition) is 1. The van der Waals surface area contributed by atoms with Crippen LogP contribution in [0.4, 0.5) is 4.39 Å². The molecule has 0 aliphatic rings. The van der Waals surface area contributed by atoms with Gasteiger partial charge in [0.25, 0.3) is 0 Å². The quantitative estimate of drug-likeness (QED) is 0.810. The van der Waals surface area contributed by atoms with Crippen molar-refractivity contribution in [1.29, 1.82) is 0 Å². The molecular formula is C14H18FNO2. The molecule has 0 aromatic heterocycles. The van der Waals surface area contributed by atoms with Gasteiger partial charge in [-0.25, -0.2) is 4.39 Å². The van der Waals surface area contributed by atoms with Crippen LogP contribution < -0.4 is 5.73 Å². The lowest BCUT2D eigenvalue weighted by Gasteiger charge is -2.12. The average molecular weight is 251 g/mol. The van der Waals surface area contributed by atoms with Gasteiger partial charge in [-0.05, 0) is 30.7 Å². The molecule has 0 aliphatic heterocycles. The van der Waals surface area contributed by atoms with Crippen LogP contribution >= 0.6 is 0 Å². The zero-order chi connectivity index (χ0) is 13.4. The highest BCUT2D eigenvalue weighted by Gasteiger charge is 2.04. The molecule has 1 aromatic carbocycles. The molecule has 4 heteroatoms. The maximum atomic E-state index is 13.3. The molecule has 0 spiro atoms. The van der Waals surface area contributed by atoms with E-state index in [1.807, 2.05) is 6.92 Å². The molecular weight excluding hydrogens is 233 g/mol. The first-order valence-corrected chi connectivity index (χ1v) is 5.74. The zero-order valence-electron chi connectivity index (χ0n) is 10.7. The predicted molar refractivity (Wildman–Crippen MR) is 68.5 cm³/mol. The molecule has 0 fully saturated rings. The molecule has 0 saturated carbocycles. The fraction of sp³-hybridized carbons (Fsp3) is 0.429. The molecule has 1 unspecified atom stereocenters. The summed E-state index contributed by atoms with van der Waals surface area (Å²) in [5, 5.41) is 0. The second kappa shape index (κ2) is 7.83. The monoisotopic (exact) mass is 251 g/mol. The standard InChI is InChI=1S/C14H18FNO2/c1-11(9-17-2)18-10-13-6-12(4-3-5-16)7-14(15)8-13/h6-8,11H,5,9-10,16H2,1-2H3. The van der Waals surface area contributed by atoms with E-state index in [0.29, 0.717) is 18.8 Å². The topological polar surface area (TPSA) is 44.5 Å². The van der Waals surface area contributed by atoms with E-state index in [-0.39, 0.29) is 18.5 Å². The Hall–Kier alpha value is -1.41. The third-order valence-electron chi connectivity index (χ3n) is 2.23. The molecule has 0 aliphatic carbocycles. The summed E-state index contributed by atoms with van der Waals surface area (Å²) < 4.78 is 23.8. The summed E-state index contributed by atoms with van der Waals surface area (Å²) in [6.07, 6.45) is -0.0307. The van der Waals surface area contributed by atoms with E-state index < -0.39 is 0 Å². The number of benzene rings is 1. The maximum Gasteiger partial charge on any atom is 0.124 e. The molecule has 0 heterocycles. The summed E-state index contributed by atoms with van der Waals surface area (Å²) in [6.45, 7) is 3.00. The van der Waals surface area contributed by atoms with Gasteiger partial charge in [0.2, 0.25) is 0 Å². The first-order chi connectivity index (χ1) is 8.65. The lowest BCUT2D eigenvalue weighted by molar-refractivity contribution is -0.000208. The van der Waals surface area contributed by atoms with E-state index in [1.165, 1.54) is 12.1 Å². The van der Waals surface area contributed by atoms with Gasteiger partial charge in [0.15, 0.2) is 0 Å². The highest BCUT2D eigenvalue weighted by Crippen LogP contribution is 2.10. The molecule has 0 saturated heterocycles. The number of nitrogens with two attached hydrogens (primary N) is 1. The van der Waals surface area contributed by atoms with Crippen LogP contribution in [0.2, 0.25) is 0 Å². The Balaban J connectivity index is 2.68. The normalized spacial score (nSPS) is 11.8. The van der Waals surface area contributed by atoms with E-state index in [1.54, 1.807) is 13.2 Å². The van der Waals surface area contributed by atoms with Gasteiger partial charge in [-0.3, -0.25) is 0 Å². The van der Waals surface area contributed by atoms with Crippen LogP contribution in [0.15, 0.2) is 18.2 Å². The molecule has 0 radical (unpaired) electrons. The Morgan fingerprint density at radius 2 is 2.17 bits per heavy atom. The summed E-state index contributed by atoms with van der Waals surface area (Å²) in [5.74, 6) is 5.18. The molecule has 1 aromatic rings. The van der Waals surface area contributed by atoms with E-state index in [9.17, 15) is 4.39 Å². The Labute approximate surface area is 107 Å². The fourth-order valence-corrected chi connectivity index (χ4v) is 1.48. The van der Waals surface area contributed by atoms with Crippen molar-refractivity contribution < 1.29 is 13.9 Å². The van der Waals surface area contributed by atoms with E-state index >= 15 is 0 Å². The number of halogens is 1. The molecule has 98 valence electrons. The highest BCUT2D eigenvalue weighted by molar-refractivity contribution is 5.37. The summed E-state index contributed by atoms with van der Waals surface area (Å²) in [7, 11) is 1.61. The Bertz CT molecular complexity index is 437. The third-order valence-corrected chi connectivity index (χ3v) is 2.23. The third kappa shape index (κ3) is 5.28. The van der Waals surface area contributed by atoms with Crippen molar-refractivity contribution in [3.63, 3.8) is 0 Å². The largest absolute Gasteiger partial charge is 0.382 e. The number of rotatable bonds is 5. The molecule has 2 N–H and O–H groups in total. The summed E-state index contributed by atoms with van der Waals surface area (Å²) in [5.41, 5.74) is 6.64. The van der Waals surface area contributed by atoms with Crippen LogP contribution in [0.1, 0.15) is 18.1 Å². The van der Waals surface area contributed by atoms with Gasteiger partial charge in [-0.15, -0.1) is 0 Å². The molecule has 3 nitrogen and oxygen atoms in total. The van der Waals surface area contributed by atoms with Crippen LogP contribution in [0, 0.1) is 17.7 Å². The van der Waals surface area contributed by atoms with Gasteiger partial charge in [0.05, 0.1) is 25.9 Å². The van der Waals surface area contributed by atoms with E-state index in [0.717, 1.165) is 5.56 Å². The molecule has 0 amide bonds. The SMILES string of the molecule is COCC(C)OCc1cc(F)cc(C#CCN)c1. The minimum Gasteiger partial charge on any atom is -0.382 e. The van der Waals surface area contributed by atoms with Crippen molar-refractivity contribution in [3.05, 3.63) is 35.1 Å². The second-order valence-corrected chi connectivity index (χ2v) is 3.93. The van der Waals surface area contributed by atoms with Gasteiger partial charge in [0.1, 0.15) is 5.82 Å². The van der Waals surface area contributed by atoms with Crippen molar-refractivity contribution in [2.24, 2.45) is 5.73 Å². The summed E-state index contributed by atoms with van der Waals surface area (Å²) >= 11 is 0. The zero-order valence-corrected chi connectivity index (χ0v) is 10.7. The van der Waals surface area contributed by atoms with E-state index in [4.69, 9.17) is 15.2 Å². The van der Waals surface area contributed by atoms with Crippen LogP contribution in [0.5, 0.6) is 0 Å². The molecule has 1 atom stereocenters. The summed E-state index contributed by atoms with van der Waals surface area (Å²) in [6, 6.07) is 4.61. The minimum atomic E-state index is -0.322. The average Bonchev–Trinajstić information content (AvgIpc) is 2.34. The Morgan fingerprint density at radius 1 is 1.39 bits per heavy atom. The van der Waals surface area contributed by atoms with Crippen molar-refractivity contribution in [3.8, 4) is 11.8 Å². The van der Waals surface area contributed by atoms with Crippen LogP contribution in [0.3, 0.4) is 0 Å². The van der Waals surface area contributed by atoms with Crippen molar-refractivity contribution >= 4 is 0 Å². The van der Waals surface area contributed by atoms with Gasteiger partial charge in [0, 0.05) is 12.7 Å². The van der Waals surface area contributed by atoms with Gasteiger partial charge < -0.3 is 15.2 Å². The first-order valence-electron chi connectivity index (χ1n) is 5.74. The second-order valence-electron chi connectivity index (χ2n) is 3.93. The van der Waals surface area contributed by atoms with Gasteiger partial charge in [-0.1, -0.05) is 11.8 Å².